The van der Waals surface area contributed by atoms with Gasteiger partial charge in [0.1, 0.15) is 5.75 Å². The van der Waals surface area contributed by atoms with Gasteiger partial charge in [0.2, 0.25) is 0 Å². The first-order valence-electron chi connectivity index (χ1n) is 6.81. The van der Waals surface area contributed by atoms with Crippen LogP contribution in [-0.2, 0) is 13.0 Å². The van der Waals surface area contributed by atoms with Crippen LogP contribution >= 0.6 is 27.3 Å². The number of fused-ring (bicyclic) bond motifs is 2. The number of rotatable bonds is 3. The average molecular weight is 361 g/mol. The third kappa shape index (κ3) is 2.51. The molecule has 106 valence electrons. The number of thiazole rings is 1. The Morgan fingerprint density at radius 3 is 3.19 bits per heavy atom. The van der Waals surface area contributed by atoms with Crippen molar-refractivity contribution in [1.29, 1.82) is 0 Å². The SMILES string of the molecule is Brc1cc2c(c(CNc3ccc4ncsc4c3)c1)OCC2. The predicted molar refractivity (Wildman–Crippen MR) is 90.3 cm³/mol. The van der Waals surface area contributed by atoms with Crippen LogP contribution in [0.5, 0.6) is 5.75 Å². The molecule has 1 aromatic heterocycles. The molecule has 0 saturated heterocycles. The second kappa shape index (κ2) is 5.31. The molecule has 0 saturated carbocycles. The summed E-state index contributed by atoms with van der Waals surface area (Å²) >= 11 is 5.24. The van der Waals surface area contributed by atoms with Gasteiger partial charge in [0.05, 0.1) is 22.3 Å². The summed E-state index contributed by atoms with van der Waals surface area (Å²) in [6, 6.07) is 10.5. The number of anilines is 1. The van der Waals surface area contributed by atoms with Crippen molar-refractivity contribution < 1.29 is 4.74 Å². The van der Waals surface area contributed by atoms with E-state index in [2.05, 4.69) is 56.6 Å². The van der Waals surface area contributed by atoms with E-state index < -0.39 is 0 Å². The molecule has 3 aromatic rings. The van der Waals surface area contributed by atoms with Gasteiger partial charge in [-0.3, -0.25) is 0 Å². The summed E-state index contributed by atoms with van der Waals surface area (Å²) in [7, 11) is 0. The maximum atomic E-state index is 5.76. The highest BCUT2D eigenvalue weighted by Crippen LogP contribution is 2.33. The van der Waals surface area contributed by atoms with Crippen LogP contribution < -0.4 is 10.1 Å². The lowest BCUT2D eigenvalue weighted by Crippen LogP contribution is -2.01. The van der Waals surface area contributed by atoms with Crippen LogP contribution in [0.25, 0.3) is 10.2 Å². The lowest BCUT2D eigenvalue weighted by molar-refractivity contribution is 0.354. The van der Waals surface area contributed by atoms with Gasteiger partial charge in [-0.25, -0.2) is 4.98 Å². The molecule has 0 fully saturated rings. The van der Waals surface area contributed by atoms with Crippen LogP contribution in [0.1, 0.15) is 11.1 Å². The van der Waals surface area contributed by atoms with Gasteiger partial charge in [0.25, 0.3) is 0 Å². The fourth-order valence-electron chi connectivity index (χ4n) is 2.64. The van der Waals surface area contributed by atoms with Crippen molar-refractivity contribution in [3.05, 3.63) is 51.4 Å². The van der Waals surface area contributed by atoms with E-state index in [-0.39, 0.29) is 0 Å². The minimum Gasteiger partial charge on any atom is -0.493 e. The molecule has 5 heteroatoms. The minimum atomic E-state index is 0.756. The van der Waals surface area contributed by atoms with Crippen molar-refractivity contribution in [3.8, 4) is 5.75 Å². The Morgan fingerprint density at radius 2 is 2.24 bits per heavy atom. The van der Waals surface area contributed by atoms with Crippen LogP contribution in [0.15, 0.2) is 40.3 Å². The smallest absolute Gasteiger partial charge is 0.127 e. The molecule has 3 nitrogen and oxygen atoms in total. The third-order valence-electron chi connectivity index (χ3n) is 3.64. The second-order valence-corrected chi connectivity index (χ2v) is 6.84. The van der Waals surface area contributed by atoms with Gasteiger partial charge in [0.15, 0.2) is 0 Å². The molecule has 0 radical (unpaired) electrons. The molecule has 0 bridgehead atoms. The van der Waals surface area contributed by atoms with E-state index in [9.17, 15) is 0 Å². The number of halogens is 1. The van der Waals surface area contributed by atoms with Crippen molar-refractivity contribution in [1.82, 2.24) is 4.98 Å². The van der Waals surface area contributed by atoms with Crippen LogP contribution in [0, 0.1) is 0 Å². The van der Waals surface area contributed by atoms with Gasteiger partial charge in [-0.15, -0.1) is 11.3 Å². The Labute approximate surface area is 135 Å². The highest BCUT2D eigenvalue weighted by Gasteiger charge is 2.17. The summed E-state index contributed by atoms with van der Waals surface area (Å²) in [6.07, 6.45) is 0.995. The normalized spacial score (nSPS) is 13.2. The topological polar surface area (TPSA) is 34.2 Å². The summed E-state index contributed by atoms with van der Waals surface area (Å²) in [5, 5.41) is 3.48. The number of hydrogen-bond acceptors (Lipinski definition) is 4. The Balaban J connectivity index is 1.59. The van der Waals surface area contributed by atoms with E-state index in [4.69, 9.17) is 4.74 Å². The van der Waals surface area contributed by atoms with Crippen molar-refractivity contribution >= 4 is 43.2 Å². The number of aromatic nitrogens is 1. The van der Waals surface area contributed by atoms with E-state index in [1.807, 2.05) is 5.51 Å². The summed E-state index contributed by atoms with van der Waals surface area (Å²) in [5.74, 6) is 1.05. The Hall–Kier alpha value is -1.59. The molecule has 0 amide bonds. The van der Waals surface area contributed by atoms with E-state index in [0.717, 1.165) is 41.0 Å². The summed E-state index contributed by atoms with van der Waals surface area (Å²) in [5.41, 5.74) is 6.53. The van der Waals surface area contributed by atoms with E-state index in [0.29, 0.717) is 0 Å². The largest absolute Gasteiger partial charge is 0.493 e. The zero-order chi connectivity index (χ0) is 14.2. The van der Waals surface area contributed by atoms with Gasteiger partial charge in [-0.2, -0.15) is 0 Å². The monoisotopic (exact) mass is 360 g/mol. The quantitative estimate of drug-likeness (QED) is 0.740. The predicted octanol–water partition coefficient (Wildman–Crippen LogP) is 4.61. The maximum Gasteiger partial charge on any atom is 0.127 e. The van der Waals surface area contributed by atoms with Gasteiger partial charge in [0, 0.05) is 28.7 Å². The first-order chi connectivity index (χ1) is 10.3. The minimum absolute atomic E-state index is 0.756. The third-order valence-corrected chi connectivity index (χ3v) is 4.89. The molecule has 2 heterocycles. The number of nitrogens with one attached hydrogen (secondary N) is 1. The summed E-state index contributed by atoms with van der Waals surface area (Å²) in [4.78, 5) is 4.30. The standard InChI is InChI=1S/C16H13BrN2OS/c17-12-5-10-3-4-20-16(10)11(6-12)8-18-13-1-2-14-15(7-13)21-9-19-14/h1-2,5-7,9,18H,3-4,8H2. The first kappa shape index (κ1) is 13.1. The van der Waals surface area contributed by atoms with Crippen molar-refractivity contribution in [3.63, 3.8) is 0 Å². The van der Waals surface area contributed by atoms with E-state index >= 15 is 0 Å². The zero-order valence-electron chi connectivity index (χ0n) is 11.2. The molecular formula is C16H13BrN2OS. The van der Waals surface area contributed by atoms with Gasteiger partial charge in [-0.05, 0) is 35.9 Å². The molecular weight excluding hydrogens is 348 g/mol. The summed E-state index contributed by atoms with van der Waals surface area (Å²) in [6.45, 7) is 1.54. The Bertz CT molecular complexity index is 815. The Morgan fingerprint density at radius 1 is 1.29 bits per heavy atom. The molecule has 1 N–H and O–H groups in total. The fourth-order valence-corrected chi connectivity index (χ4v) is 3.91. The van der Waals surface area contributed by atoms with Crippen molar-refractivity contribution in [2.75, 3.05) is 11.9 Å². The van der Waals surface area contributed by atoms with Gasteiger partial charge >= 0.3 is 0 Å². The molecule has 1 aliphatic rings. The van der Waals surface area contributed by atoms with Crippen LogP contribution in [0.4, 0.5) is 5.69 Å². The molecule has 0 spiro atoms. The number of ether oxygens (including phenoxy) is 1. The molecule has 2 aromatic carbocycles. The first-order valence-corrected chi connectivity index (χ1v) is 8.48. The molecule has 1 aliphatic heterocycles. The number of hydrogen-bond donors (Lipinski definition) is 1. The average Bonchev–Trinajstić information content (AvgIpc) is 3.12. The van der Waals surface area contributed by atoms with Crippen molar-refractivity contribution in [2.24, 2.45) is 0 Å². The number of nitrogens with zero attached hydrogens (tertiary/aromatic N) is 1. The maximum absolute atomic E-state index is 5.76. The number of benzene rings is 2. The van der Waals surface area contributed by atoms with E-state index in [1.54, 1.807) is 11.3 Å². The molecule has 0 atom stereocenters. The summed E-state index contributed by atoms with van der Waals surface area (Å²) < 4.78 is 8.08. The van der Waals surface area contributed by atoms with E-state index in [1.165, 1.54) is 15.8 Å². The lowest BCUT2D eigenvalue weighted by Gasteiger charge is -2.11. The lowest BCUT2D eigenvalue weighted by atomic mass is 10.1. The van der Waals surface area contributed by atoms with Crippen LogP contribution in [0.2, 0.25) is 0 Å². The van der Waals surface area contributed by atoms with Gasteiger partial charge < -0.3 is 10.1 Å². The molecule has 4 rings (SSSR count). The van der Waals surface area contributed by atoms with Crippen LogP contribution in [0.3, 0.4) is 0 Å². The highest BCUT2D eigenvalue weighted by molar-refractivity contribution is 9.10. The fraction of sp³-hybridized carbons (Fsp3) is 0.188. The molecule has 21 heavy (non-hydrogen) atoms. The second-order valence-electron chi connectivity index (χ2n) is 5.04. The van der Waals surface area contributed by atoms with Crippen LogP contribution in [-0.4, -0.2) is 11.6 Å². The van der Waals surface area contributed by atoms with Crippen molar-refractivity contribution in [2.45, 2.75) is 13.0 Å². The highest BCUT2D eigenvalue weighted by atomic mass is 79.9. The van der Waals surface area contributed by atoms with Gasteiger partial charge in [-0.1, -0.05) is 15.9 Å². The Kier molecular flexibility index (Phi) is 3.31. The molecule has 0 aliphatic carbocycles. The molecule has 0 unspecified atom stereocenters. The zero-order valence-corrected chi connectivity index (χ0v) is 13.6.